The summed E-state index contributed by atoms with van der Waals surface area (Å²) in [4.78, 5) is 24.3. The van der Waals surface area contributed by atoms with Gasteiger partial charge in [-0.2, -0.15) is 0 Å². The second-order valence-corrected chi connectivity index (χ2v) is 8.90. The van der Waals surface area contributed by atoms with Crippen LogP contribution in [-0.2, 0) is 17.1 Å². The Morgan fingerprint density at radius 3 is 2.68 bits per heavy atom. The van der Waals surface area contributed by atoms with Gasteiger partial charge in [0.1, 0.15) is 11.6 Å². The second kappa shape index (κ2) is 8.01. The van der Waals surface area contributed by atoms with Crippen molar-refractivity contribution in [2.24, 2.45) is 0 Å². The van der Waals surface area contributed by atoms with Crippen molar-refractivity contribution in [3.05, 3.63) is 33.2 Å². The maximum absolute atomic E-state index is 12.3. The first kappa shape index (κ1) is 19.5. The van der Waals surface area contributed by atoms with Crippen molar-refractivity contribution in [1.29, 1.82) is 0 Å². The van der Waals surface area contributed by atoms with E-state index in [0.717, 1.165) is 15.0 Å². The van der Waals surface area contributed by atoms with Gasteiger partial charge in [0.15, 0.2) is 10.1 Å². The van der Waals surface area contributed by atoms with Crippen molar-refractivity contribution in [3.8, 4) is 5.75 Å². The molecule has 0 saturated carbocycles. The topological polar surface area (TPSA) is 86.1 Å². The first-order valence-corrected chi connectivity index (χ1v) is 9.49. The van der Waals surface area contributed by atoms with Crippen LogP contribution in [-0.4, -0.2) is 33.3 Å². The fourth-order valence-corrected chi connectivity index (χ4v) is 3.91. The van der Waals surface area contributed by atoms with Gasteiger partial charge in [-0.3, -0.25) is 9.59 Å². The highest BCUT2D eigenvalue weighted by atomic mass is 32.2. The number of aryl methyl sites for hydroxylation is 1. The molecule has 0 bridgehead atoms. The second-order valence-electron chi connectivity index (χ2n) is 6.50. The standard InChI is InChI=1S/C16H22N4O3S2/c1-10-18-19-15(25-10)24-9-11-6-12(21)13(23-5)7-20(11)8-14(22)17-16(2,3)4/h6-7H,8-9H2,1-5H3,(H,17,22). The van der Waals surface area contributed by atoms with Crippen molar-refractivity contribution < 1.29 is 9.53 Å². The molecule has 1 N–H and O–H groups in total. The zero-order chi connectivity index (χ0) is 18.6. The Hall–Kier alpha value is -1.87. The van der Waals surface area contributed by atoms with Crippen LogP contribution in [0.1, 0.15) is 31.5 Å². The maximum atomic E-state index is 12.3. The van der Waals surface area contributed by atoms with Crippen LogP contribution in [0.15, 0.2) is 21.4 Å². The molecule has 0 aliphatic carbocycles. The van der Waals surface area contributed by atoms with Gasteiger partial charge in [0, 0.05) is 23.1 Å². The molecule has 1 amide bonds. The molecule has 0 aromatic carbocycles. The van der Waals surface area contributed by atoms with Gasteiger partial charge in [-0.1, -0.05) is 23.1 Å². The molecule has 0 aliphatic heterocycles. The van der Waals surface area contributed by atoms with Gasteiger partial charge in [0.2, 0.25) is 11.3 Å². The Bertz CT molecular complexity index is 808. The quantitative estimate of drug-likeness (QED) is 0.771. The smallest absolute Gasteiger partial charge is 0.240 e. The monoisotopic (exact) mass is 382 g/mol. The lowest BCUT2D eigenvalue weighted by Gasteiger charge is -2.22. The van der Waals surface area contributed by atoms with E-state index < -0.39 is 0 Å². The summed E-state index contributed by atoms with van der Waals surface area (Å²) in [6, 6.07) is 1.50. The van der Waals surface area contributed by atoms with Crippen LogP contribution in [0.4, 0.5) is 0 Å². The lowest BCUT2D eigenvalue weighted by Crippen LogP contribution is -2.42. The molecule has 9 heteroatoms. The first-order valence-electron chi connectivity index (χ1n) is 7.69. The molecule has 0 aliphatic rings. The molecule has 0 atom stereocenters. The molecule has 0 spiro atoms. The molecule has 2 rings (SSSR count). The third-order valence-electron chi connectivity index (χ3n) is 3.08. The molecule has 0 unspecified atom stereocenters. The average Bonchev–Trinajstić information content (AvgIpc) is 2.90. The highest BCUT2D eigenvalue weighted by Gasteiger charge is 2.16. The molecule has 2 aromatic heterocycles. The molecule has 2 aromatic rings. The molecule has 0 fully saturated rings. The van der Waals surface area contributed by atoms with Crippen LogP contribution in [0, 0.1) is 6.92 Å². The molecule has 0 saturated heterocycles. The van der Waals surface area contributed by atoms with Gasteiger partial charge in [-0.05, 0) is 27.7 Å². The third-order valence-corrected chi connectivity index (χ3v) is 5.09. The summed E-state index contributed by atoms with van der Waals surface area (Å²) in [5.41, 5.74) is 0.200. The van der Waals surface area contributed by atoms with Crippen LogP contribution in [0.2, 0.25) is 0 Å². The Morgan fingerprint density at radius 1 is 1.40 bits per heavy atom. The summed E-state index contributed by atoms with van der Waals surface area (Å²) in [5, 5.41) is 11.9. The number of amides is 1. The number of rotatable bonds is 6. The predicted octanol–water partition coefficient (Wildman–Crippen LogP) is 2.22. The summed E-state index contributed by atoms with van der Waals surface area (Å²) < 4.78 is 7.66. The van der Waals surface area contributed by atoms with Crippen molar-refractivity contribution in [1.82, 2.24) is 20.1 Å². The molecule has 136 valence electrons. The number of carbonyl (C=O) groups excluding carboxylic acids is 1. The number of nitrogens with one attached hydrogen (secondary N) is 1. The van der Waals surface area contributed by atoms with Crippen molar-refractivity contribution >= 4 is 29.0 Å². The van der Waals surface area contributed by atoms with Crippen LogP contribution in [0.5, 0.6) is 5.75 Å². The number of carbonyl (C=O) groups is 1. The lowest BCUT2D eigenvalue weighted by molar-refractivity contribution is -0.123. The van der Waals surface area contributed by atoms with Crippen molar-refractivity contribution in [2.75, 3.05) is 7.11 Å². The summed E-state index contributed by atoms with van der Waals surface area (Å²) in [5.74, 6) is 0.594. The van der Waals surface area contributed by atoms with Gasteiger partial charge >= 0.3 is 0 Å². The fourth-order valence-electron chi connectivity index (χ4n) is 2.10. The summed E-state index contributed by atoms with van der Waals surface area (Å²) >= 11 is 2.98. The highest BCUT2D eigenvalue weighted by molar-refractivity contribution is 8.00. The first-order chi connectivity index (χ1) is 11.7. The number of thioether (sulfide) groups is 1. The van der Waals surface area contributed by atoms with Crippen molar-refractivity contribution in [3.63, 3.8) is 0 Å². The van der Waals surface area contributed by atoms with Gasteiger partial charge < -0.3 is 14.6 Å². The number of pyridine rings is 1. The number of nitrogens with zero attached hydrogens (tertiary/aromatic N) is 3. The van der Waals surface area contributed by atoms with E-state index in [4.69, 9.17) is 4.74 Å². The Balaban J connectivity index is 2.22. The Morgan fingerprint density at radius 2 is 2.12 bits per heavy atom. The van der Waals surface area contributed by atoms with Crippen molar-refractivity contribution in [2.45, 2.75) is 49.9 Å². The van der Waals surface area contributed by atoms with E-state index in [-0.39, 0.29) is 29.2 Å². The minimum Gasteiger partial charge on any atom is -0.491 e. The average molecular weight is 383 g/mol. The molecule has 2 heterocycles. The van der Waals surface area contributed by atoms with Crippen LogP contribution in [0.3, 0.4) is 0 Å². The molecule has 7 nitrogen and oxygen atoms in total. The number of aromatic nitrogens is 3. The Labute approximate surface area is 154 Å². The van der Waals surface area contributed by atoms with Gasteiger partial charge in [0.25, 0.3) is 0 Å². The fraction of sp³-hybridized carbons (Fsp3) is 0.500. The van der Waals surface area contributed by atoms with E-state index in [1.165, 1.54) is 36.3 Å². The minimum absolute atomic E-state index is 0.110. The molecular formula is C16H22N4O3S2. The zero-order valence-corrected chi connectivity index (χ0v) is 16.6. The van der Waals surface area contributed by atoms with E-state index in [1.54, 1.807) is 10.8 Å². The van der Waals surface area contributed by atoms with E-state index in [9.17, 15) is 9.59 Å². The normalized spacial score (nSPS) is 11.4. The predicted molar refractivity (Wildman–Crippen MR) is 99.4 cm³/mol. The molecular weight excluding hydrogens is 360 g/mol. The minimum atomic E-state index is -0.320. The number of ether oxygens (including phenoxy) is 1. The van der Waals surface area contributed by atoms with E-state index in [0.29, 0.717) is 5.75 Å². The van der Waals surface area contributed by atoms with Gasteiger partial charge in [0.05, 0.1) is 13.3 Å². The lowest BCUT2D eigenvalue weighted by atomic mass is 10.1. The van der Waals surface area contributed by atoms with E-state index in [1.807, 2.05) is 27.7 Å². The number of hydrogen-bond donors (Lipinski definition) is 1. The number of hydrogen-bond acceptors (Lipinski definition) is 7. The van der Waals surface area contributed by atoms with Crippen LogP contribution >= 0.6 is 23.1 Å². The summed E-state index contributed by atoms with van der Waals surface area (Å²) in [6.07, 6.45) is 1.58. The van der Waals surface area contributed by atoms with Gasteiger partial charge in [-0.15, -0.1) is 10.2 Å². The summed E-state index contributed by atoms with van der Waals surface area (Å²) in [6.45, 7) is 7.77. The van der Waals surface area contributed by atoms with Crippen LogP contribution < -0.4 is 15.5 Å². The Kier molecular flexibility index (Phi) is 6.23. The highest BCUT2D eigenvalue weighted by Crippen LogP contribution is 2.25. The maximum Gasteiger partial charge on any atom is 0.240 e. The van der Waals surface area contributed by atoms with Crippen LogP contribution in [0.25, 0.3) is 0 Å². The number of methoxy groups -OCH3 is 1. The van der Waals surface area contributed by atoms with E-state index >= 15 is 0 Å². The zero-order valence-electron chi connectivity index (χ0n) is 15.0. The molecule has 25 heavy (non-hydrogen) atoms. The summed E-state index contributed by atoms with van der Waals surface area (Å²) in [7, 11) is 1.44. The molecule has 0 radical (unpaired) electrons. The van der Waals surface area contributed by atoms with Gasteiger partial charge in [-0.25, -0.2) is 0 Å². The SMILES string of the molecule is COc1cn(CC(=O)NC(C)(C)C)c(CSc2nnc(C)s2)cc1=O. The largest absolute Gasteiger partial charge is 0.491 e. The van der Waals surface area contributed by atoms with E-state index in [2.05, 4.69) is 15.5 Å². The third kappa shape index (κ3) is 5.86.